The van der Waals surface area contributed by atoms with E-state index in [0.717, 1.165) is 28.7 Å². The molecule has 0 aliphatic rings. The van der Waals surface area contributed by atoms with Crippen LogP contribution in [-0.4, -0.2) is 27.6 Å². The van der Waals surface area contributed by atoms with E-state index in [1.165, 1.54) is 7.11 Å². The predicted octanol–water partition coefficient (Wildman–Crippen LogP) is 4.86. The first kappa shape index (κ1) is 19.4. The fraction of sp³-hybridized carbons (Fsp3) is 0.227. The maximum Gasteiger partial charge on any atom is 0.360 e. The molecule has 0 spiro atoms. The van der Waals surface area contributed by atoms with E-state index in [1.807, 2.05) is 62.6 Å². The van der Waals surface area contributed by atoms with E-state index in [0.29, 0.717) is 11.7 Å². The van der Waals surface area contributed by atoms with Crippen molar-refractivity contribution < 1.29 is 13.9 Å². The standard InChI is InChI=1S/C20H17N3O3.C2H6/c1-13-18(20(24)25-2)22-19(26-13)15-9-7-14(8-10-15)11-23-12-21-16-5-3-4-6-17(16)23;1-2/h3-10,12H,11H2,1-2H3;1-2H3. The van der Waals surface area contributed by atoms with Crippen LogP contribution in [0.1, 0.15) is 35.7 Å². The summed E-state index contributed by atoms with van der Waals surface area (Å²) in [6, 6.07) is 15.9. The summed E-state index contributed by atoms with van der Waals surface area (Å²) in [6.45, 7) is 6.42. The number of benzene rings is 2. The second kappa shape index (κ2) is 8.52. The summed E-state index contributed by atoms with van der Waals surface area (Å²) < 4.78 is 12.4. The van der Waals surface area contributed by atoms with Crippen LogP contribution in [0.25, 0.3) is 22.5 Å². The lowest BCUT2D eigenvalue weighted by Gasteiger charge is -2.05. The molecule has 0 fully saturated rings. The van der Waals surface area contributed by atoms with Crippen LogP contribution in [0.5, 0.6) is 0 Å². The number of rotatable bonds is 4. The highest BCUT2D eigenvalue weighted by Gasteiger charge is 2.18. The van der Waals surface area contributed by atoms with Gasteiger partial charge in [0.2, 0.25) is 5.89 Å². The SMILES string of the molecule is CC.COC(=O)c1nc(-c2ccc(Cn3cnc4ccccc43)cc2)oc1C. The number of fused-ring (bicyclic) bond motifs is 1. The van der Waals surface area contributed by atoms with E-state index in [2.05, 4.69) is 20.6 Å². The molecule has 0 bridgehead atoms. The van der Waals surface area contributed by atoms with Crippen LogP contribution in [0.4, 0.5) is 0 Å². The van der Waals surface area contributed by atoms with Crippen molar-refractivity contribution in [3.63, 3.8) is 0 Å². The molecule has 2 heterocycles. The number of hydrogen-bond donors (Lipinski definition) is 0. The summed E-state index contributed by atoms with van der Waals surface area (Å²) in [5.41, 5.74) is 4.23. The number of aryl methyl sites for hydroxylation is 1. The van der Waals surface area contributed by atoms with Crippen molar-refractivity contribution in [1.82, 2.24) is 14.5 Å². The Kier molecular flexibility index (Phi) is 5.89. The van der Waals surface area contributed by atoms with Crippen molar-refractivity contribution in [2.24, 2.45) is 0 Å². The zero-order chi connectivity index (χ0) is 20.1. The van der Waals surface area contributed by atoms with Gasteiger partial charge in [-0.2, -0.15) is 0 Å². The first-order chi connectivity index (χ1) is 13.7. The first-order valence-corrected chi connectivity index (χ1v) is 9.20. The van der Waals surface area contributed by atoms with Crippen molar-refractivity contribution in [3.8, 4) is 11.5 Å². The van der Waals surface area contributed by atoms with Crippen LogP contribution >= 0.6 is 0 Å². The van der Waals surface area contributed by atoms with Crippen molar-refractivity contribution in [2.75, 3.05) is 7.11 Å². The molecule has 0 aliphatic carbocycles. The van der Waals surface area contributed by atoms with E-state index < -0.39 is 5.97 Å². The number of oxazole rings is 1. The van der Waals surface area contributed by atoms with Crippen LogP contribution in [0.3, 0.4) is 0 Å². The Balaban J connectivity index is 0.00000109. The van der Waals surface area contributed by atoms with Gasteiger partial charge in [-0.3, -0.25) is 0 Å². The van der Waals surface area contributed by atoms with Crippen LogP contribution in [0.2, 0.25) is 0 Å². The average Bonchev–Trinajstić information content (AvgIpc) is 3.33. The number of ether oxygens (including phenoxy) is 1. The summed E-state index contributed by atoms with van der Waals surface area (Å²) in [4.78, 5) is 20.3. The molecule has 0 N–H and O–H groups in total. The molecule has 28 heavy (non-hydrogen) atoms. The van der Waals surface area contributed by atoms with Gasteiger partial charge in [-0.1, -0.05) is 38.1 Å². The third kappa shape index (κ3) is 3.81. The minimum absolute atomic E-state index is 0.205. The number of nitrogens with zero attached hydrogens (tertiary/aromatic N) is 3. The normalized spacial score (nSPS) is 10.4. The van der Waals surface area contributed by atoms with Gasteiger partial charge in [-0.15, -0.1) is 0 Å². The van der Waals surface area contributed by atoms with Crippen LogP contribution in [0.15, 0.2) is 59.3 Å². The number of esters is 1. The van der Waals surface area contributed by atoms with Gasteiger partial charge in [0.05, 0.1) is 24.5 Å². The van der Waals surface area contributed by atoms with Crippen molar-refractivity contribution in [3.05, 3.63) is 71.9 Å². The molecule has 0 aliphatic heterocycles. The van der Waals surface area contributed by atoms with Gasteiger partial charge in [0.15, 0.2) is 5.69 Å². The Morgan fingerprint density at radius 2 is 1.82 bits per heavy atom. The lowest BCUT2D eigenvalue weighted by atomic mass is 10.1. The highest BCUT2D eigenvalue weighted by Crippen LogP contribution is 2.23. The van der Waals surface area contributed by atoms with Gasteiger partial charge in [0.1, 0.15) is 5.76 Å². The lowest BCUT2D eigenvalue weighted by Crippen LogP contribution is -2.03. The third-order valence-corrected chi connectivity index (χ3v) is 4.26. The molecule has 0 unspecified atom stereocenters. The van der Waals surface area contributed by atoms with E-state index in [4.69, 9.17) is 9.15 Å². The molecule has 0 radical (unpaired) electrons. The topological polar surface area (TPSA) is 70.2 Å². The Bertz CT molecular complexity index is 1080. The van der Waals surface area contributed by atoms with Crippen molar-refractivity contribution >= 4 is 17.0 Å². The van der Waals surface area contributed by atoms with Crippen LogP contribution in [0, 0.1) is 6.92 Å². The summed E-state index contributed by atoms with van der Waals surface area (Å²) in [6.07, 6.45) is 1.85. The quantitative estimate of drug-likeness (QED) is 0.475. The minimum atomic E-state index is -0.499. The van der Waals surface area contributed by atoms with E-state index >= 15 is 0 Å². The third-order valence-electron chi connectivity index (χ3n) is 4.26. The Labute approximate surface area is 163 Å². The maximum atomic E-state index is 11.7. The molecular formula is C22H23N3O3. The van der Waals surface area contributed by atoms with Gasteiger partial charge in [0.25, 0.3) is 0 Å². The molecule has 4 rings (SSSR count). The number of imidazole rings is 1. The minimum Gasteiger partial charge on any atom is -0.464 e. The van der Waals surface area contributed by atoms with Gasteiger partial charge in [-0.05, 0) is 36.8 Å². The first-order valence-electron chi connectivity index (χ1n) is 9.20. The molecule has 0 amide bonds. The predicted molar refractivity (Wildman–Crippen MR) is 108 cm³/mol. The summed E-state index contributed by atoms with van der Waals surface area (Å²) in [5, 5.41) is 0. The molecule has 4 aromatic rings. The summed E-state index contributed by atoms with van der Waals surface area (Å²) in [5.74, 6) is 0.351. The molecule has 0 saturated heterocycles. The maximum absolute atomic E-state index is 11.7. The molecule has 6 nitrogen and oxygen atoms in total. The molecular weight excluding hydrogens is 354 g/mol. The van der Waals surface area contributed by atoms with Gasteiger partial charge in [-0.25, -0.2) is 14.8 Å². The number of aromatic nitrogens is 3. The number of para-hydroxylation sites is 2. The number of carbonyl (C=O) groups is 1. The molecule has 0 saturated carbocycles. The fourth-order valence-corrected chi connectivity index (χ4v) is 2.89. The van der Waals surface area contributed by atoms with Crippen molar-refractivity contribution in [2.45, 2.75) is 27.3 Å². The smallest absolute Gasteiger partial charge is 0.360 e. The lowest BCUT2D eigenvalue weighted by molar-refractivity contribution is 0.0593. The van der Waals surface area contributed by atoms with Crippen LogP contribution in [-0.2, 0) is 11.3 Å². The van der Waals surface area contributed by atoms with Gasteiger partial charge < -0.3 is 13.7 Å². The van der Waals surface area contributed by atoms with Gasteiger partial charge in [0, 0.05) is 12.1 Å². The summed E-state index contributed by atoms with van der Waals surface area (Å²) >= 11 is 0. The summed E-state index contributed by atoms with van der Waals surface area (Å²) in [7, 11) is 1.32. The number of methoxy groups -OCH3 is 1. The molecule has 2 aromatic heterocycles. The van der Waals surface area contributed by atoms with Gasteiger partial charge >= 0.3 is 5.97 Å². The Morgan fingerprint density at radius 1 is 1.11 bits per heavy atom. The number of hydrogen-bond acceptors (Lipinski definition) is 5. The highest BCUT2D eigenvalue weighted by atomic mass is 16.5. The monoisotopic (exact) mass is 377 g/mol. The largest absolute Gasteiger partial charge is 0.464 e. The van der Waals surface area contributed by atoms with E-state index in [-0.39, 0.29) is 5.69 Å². The second-order valence-corrected chi connectivity index (χ2v) is 5.97. The second-order valence-electron chi connectivity index (χ2n) is 5.97. The fourth-order valence-electron chi connectivity index (χ4n) is 2.89. The zero-order valence-corrected chi connectivity index (χ0v) is 16.5. The van der Waals surface area contributed by atoms with E-state index in [1.54, 1.807) is 6.92 Å². The highest BCUT2D eigenvalue weighted by molar-refractivity contribution is 5.88. The molecule has 2 aromatic carbocycles. The Hall–Kier alpha value is -3.41. The zero-order valence-electron chi connectivity index (χ0n) is 16.5. The number of carbonyl (C=O) groups excluding carboxylic acids is 1. The van der Waals surface area contributed by atoms with Crippen LogP contribution < -0.4 is 0 Å². The van der Waals surface area contributed by atoms with Crippen molar-refractivity contribution in [1.29, 1.82) is 0 Å². The Morgan fingerprint density at radius 3 is 2.54 bits per heavy atom. The van der Waals surface area contributed by atoms with E-state index in [9.17, 15) is 4.79 Å². The molecule has 6 heteroatoms. The molecule has 0 atom stereocenters. The molecule has 144 valence electrons. The average molecular weight is 377 g/mol.